The molecule has 1 saturated heterocycles. The third-order valence-electron chi connectivity index (χ3n) is 4.26. The van der Waals surface area contributed by atoms with Crippen molar-refractivity contribution in [3.63, 3.8) is 0 Å². The van der Waals surface area contributed by atoms with Crippen LogP contribution in [0.3, 0.4) is 0 Å². The van der Waals surface area contributed by atoms with Gasteiger partial charge in [0, 0.05) is 27.4 Å². The molecule has 24 heavy (non-hydrogen) atoms. The number of ether oxygens (including phenoxy) is 2. The molecule has 136 valence electrons. The van der Waals surface area contributed by atoms with Gasteiger partial charge in [-0.25, -0.2) is 4.99 Å². The van der Waals surface area contributed by atoms with Crippen molar-refractivity contribution in [3.8, 4) is 0 Å². The van der Waals surface area contributed by atoms with Gasteiger partial charge in [0.05, 0.1) is 6.10 Å². The number of methoxy groups -OCH3 is 1. The fourth-order valence-electron chi connectivity index (χ4n) is 2.85. The first-order valence-corrected chi connectivity index (χ1v) is 11.1. The lowest BCUT2D eigenvalue weighted by molar-refractivity contribution is -0.0698. The van der Waals surface area contributed by atoms with E-state index >= 15 is 0 Å². The number of hydrogen-bond donors (Lipinski definition) is 1. The van der Waals surface area contributed by atoms with E-state index in [0.717, 1.165) is 18.4 Å². The Morgan fingerprint density at radius 2 is 2.12 bits per heavy atom. The van der Waals surface area contributed by atoms with Crippen molar-refractivity contribution in [1.29, 1.82) is 0 Å². The molecule has 0 amide bonds. The summed E-state index contributed by atoms with van der Waals surface area (Å²) >= 11 is 0. The highest BCUT2D eigenvalue weighted by atomic mass is 31.2. The maximum atomic E-state index is 10.6. The van der Waals surface area contributed by atoms with E-state index in [2.05, 4.69) is 31.2 Å². The molecule has 0 aromatic carbocycles. The summed E-state index contributed by atoms with van der Waals surface area (Å²) in [6.45, 7) is 7.23. The van der Waals surface area contributed by atoms with Crippen molar-refractivity contribution in [3.05, 3.63) is 24.7 Å². The third-order valence-corrected chi connectivity index (χ3v) is 5.73. The van der Waals surface area contributed by atoms with Crippen LogP contribution in [0.4, 0.5) is 0 Å². The van der Waals surface area contributed by atoms with Crippen LogP contribution in [0.1, 0.15) is 6.42 Å². The Morgan fingerprint density at radius 1 is 1.46 bits per heavy atom. The van der Waals surface area contributed by atoms with Crippen molar-refractivity contribution in [2.45, 2.75) is 31.0 Å². The van der Waals surface area contributed by atoms with Gasteiger partial charge in [-0.15, -0.1) is 13.2 Å². The van der Waals surface area contributed by atoms with Crippen LogP contribution in [-0.2, 0) is 9.47 Å². The number of rotatable bonds is 5. The standard InChI is InChI=1S/C17H30N3O3P/c1-12-18-14(19(2)3)8-10-20(12)17-16(22-4)15(21)13(23-17)9-11-24(5,6)7/h8,10,13,15-17,21H,1,5,9,11H2,2-4,6-7H3/t13-,15-,16-,17-/m1/s1. The molecular formula is C17H30N3O3P. The zero-order chi connectivity index (χ0) is 18.1. The fourth-order valence-corrected chi connectivity index (χ4v) is 3.81. The van der Waals surface area contributed by atoms with Crippen LogP contribution in [0, 0.1) is 0 Å². The van der Waals surface area contributed by atoms with Crippen molar-refractivity contribution >= 4 is 19.0 Å². The molecule has 0 unspecified atom stereocenters. The molecule has 0 radical (unpaired) electrons. The summed E-state index contributed by atoms with van der Waals surface area (Å²) in [4.78, 5) is 8.22. The minimum absolute atomic E-state index is 0.263. The van der Waals surface area contributed by atoms with E-state index in [1.54, 1.807) is 7.11 Å². The second-order valence-electron chi connectivity index (χ2n) is 7.21. The second kappa shape index (κ2) is 7.44. The predicted octanol–water partition coefficient (Wildman–Crippen LogP) is 1.45. The van der Waals surface area contributed by atoms with E-state index < -0.39 is 25.3 Å². The Hall–Kier alpha value is -1.07. The zero-order valence-corrected chi connectivity index (χ0v) is 16.2. The number of likely N-dealkylation sites (N-methyl/N-ethyl adjacent to an activating group) is 1. The SMILES string of the molecule is C=C1N=C(N(C)C)C=CN1[C@@H]1O[C@H](CCP(=C)(C)C)[C@@H](O)[C@H]1OC. The molecule has 0 bridgehead atoms. The molecule has 2 aliphatic heterocycles. The minimum atomic E-state index is -1.16. The number of aliphatic hydroxyl groups excluding tert-OH is 1. The lowest BCUT2D eigenvalue weighted by atomic mass is 10.1. The van der Waals surface area contributed by atoms with Gasteiger partial charge in [0.25, 0.3) is 0 Å². The highest BCUT2D eigenvalue weighted by Gasteiger charge is 2.46. The lowest BCUT2D eigenvalue weighted by Gasteiger charge is -2.33. The van der Waals surface area contributed by atoms with E-state index in [9.17, 15) is 5.11 Å². The third kappa shape index (κ3) is 4.31. The summed E-state index contributed by atoms with van der Waals surface area (Å²) < 4.78 is 11.6. The average Bonchev–Trinajstić information content (AvgIpc) is 2.80. The van der Waals surface area contributed by atoms with Crippen molar-refractivity contribution in [2.75, 3.05) is 40.7 Å². The maximum absolute atomic E-state index is 10.6. The van der Waals surface area contributed by atoms with Crippen molar-refractivity contribution in [2.24, 2.45) is 4.99 Å². The summed E-state index contributed by atoms with van der Waals surface area (Å²) in [6, 6.07) is 0. The first kappa shape index (κ1) is 19.3. The topological polar surface area (TPSA) is 57.5 Å². The molecule has 0 aliphatic carbocycles. The number of aliphatic hydroxyl groups is 1. The Kier molecular flexibility index (Phi) is 5.97. The Balaban J connectivity index is 2.11. The number of amidine groups is 1. The maximum Gasteiger partial charge on any atom is 0.164 e. The minimum Gasteiger partial charge on any atom is -0.388 e. The van der Waals surface area contributed by atoms with Crippen molar-refractivity contribution in [1.82, 2.24) is 9.80 Å². The Labute approximate surface area is 145 Å². The van der Waals surface area contributed by atoms with Crippen LogP contribution in [-0.4, -0.2) is 92.3 Å². The highest BCUT2D eigenvalue weighted by molar-refractivity contribution is 7.72. The van der Waals surface area contributed by atoms with Gasteiger partial charge in [0.15, 0.2) is 6.23 Å². The molecule has 2 rings (SSSR count). The van der Waals surface area contributed by atoms with Crippen LogP contribution in [0.15, 0.2) is 29.7 Å². The monoisotopic (exact) mass is 355 g/mol. The normalized spacial score (nSPS) is 30.7. The first-order chi connectivity index (χ1) is 11.1. The summed E-state index contributed by atoms with van der Waals surface area (Å²) in [5, 5.41) is 10.6. The molecule has 0 aromatic heterocycles. The van der Waals surface area contributed by atoms with E-state index in [0.29, 0.717) is 5.82 Å². The van der Waals surface area contributed by atoms with Gasteiger partial charge in [-0.3, -0.25) is 0 Å². The van der Waals surface area contributed by atoms with E-state index in [1.807, 2.05) is 36.2 Å². The number of hydrogen-bond acceptors (Lipinski definition) is 6. The van der Waals surface area contributed by atoms with Crippen LogP contribution in [0.5, 0.6) is 0 Å². The Morgan fingerprint density at radius 3 is 2.62 bits per heavy atom. The molecule has 1 N–H and O–H groups in total. The van der Waals surface area contributed by atoms with Crippen molar-refractivity contribution < 1.29 is 14.6 Å². The molecule has 2 aliphatic rings. The molecule has 1 fully saturated rings. The van der Waals surface area contributed by atoms with Crippen LogP contribution < -0.4 is 0 Å². The molecule has 7 heteroatoms. The molecule has 2 heterocycles. The molecular weight excluding hydrogens is 325 g/mol. The van der Waals surface area contributed by atoms with E-state index in [1.165, 1.54) is 0 Å². The van der Waals surface area contributed by atoms with Gasteiger partial charge < -0.3 is 24.4 Å². The predicted molar refractivity (Wildman–Crippen MR) is 102 cm³/mol. The lowest BCUT2D eigenvalue weighted by Crippen LogP contribution is -2.43. The van der Waals surface area contributed by atoms with Gasteiger partial charge >= 0.3 is 0 Å². The summed E-state index contributed by atoms with van der Waals surface area (Å²) in [5.74, 6) is 1.40. The number of aliphatic imine (C=N–C) groups is 1. The Bertz CT molecular complexity index is 582. The average molecular weight is 355 g/mol. The van der Waals surface area contributed by atoms with Crippen LogP contribution in [0.2, 0.25) is 0 Å². The summed E-state index contributed by atoms with van der Waals surface area (Å²) in [6.07, 6.45) is 7.94. The summed E-state index contributed by atoms with van der Waals surface area (Å²) in [5.41, 5.74) is 0. The van der Waals surface area contributed by atoms with Gasteiger partial charge in [-0.2, -0.15) is 0 Å². The first-order valence-electron chi connectivity index (χ1n) is 8.09. The fraction of sp³-hybridized carbons (Fsp3) is 0.647. The van der Waals surface area contributed by atoms with Gasteiger partial charge in [0.2, 0.25) is 0 Å². The quantitative estimate of drug-likeness (QED) is 0.757. The molecule has 6 nitrogen and oxygen atoms in total. The van der Waals surface area contributed by atoms with Gasteiger partial charge in [-0.1, -0.05) is 6.58 Å². The molecule has 0 saturated carbocycles. The largest absolute Gasteiger partial charge is 0.388 e. The smallest absolute Gasteiger partial charge is 0.164 e. The van der Waals surface area contributed by atoms with Crippen LogP contribution >= 0.6 is 6.89 Å². The molecule has 4 atom stereocenters. The highest BCUT2D eigenvalue weighted by Crippen LogP contribution is 2.39. The second-order valence-corrected chi connectivity index (χ2v) is 11.5. The van der Waals surface area contributed by atoms with Gasteiger partial charge in [-0.05, 0) is 32.0 Å². The zero-order valence-electron chi connectivity index (χ0n) is 15.3. The van der Waals surface area contributed by atoms with E-state index in [4.69, 9.17) is 9.47 Å². The summed E-state index contributed by atoms with van der Waals surface area (Å²) in [7, 11) is 5.45. The number of nitrogens with zero attached hydrogens (tertiary/aromatic N) is 3. The van der Waals surface area contributed by atoms with Crippen LogP contribution in [0.25, 0.3) is 0 Å². The molecule has 0 spiro atoms. The van der Waals surface area contributed by atoms with Gasteiger partial charge in [0.1, 0.15) is 23.9 Å². The molecule has 0 aromatic rings. The van der Waals surface area contributed by atoms with E-state index in [-0.39, 0.29) is 6.10 Å².